The fourth-order valence-electron chi connectivity index (χ4n) is 12.3. The molecule has 0 aliphatic heterocycles. The molecular formula is C41H45IrN2OP-2. The molecule has 0 saturated heterocycles. The molecule has 8 bridgehead atoms. The molecule has 4 aromatic rings. The molecule has 8 aliphatic rings. The Balaban J connectivity index is 0.000000150. The van der Waals surface area contributed by atoms with Crippen LogP contribution in [-0.2, 0) is 24.7 Å². The van der Waals surface area contributed by atoms with E-state index in [-0.39, 0.29) is 30.4 Å². The van der Waals surface area contributed by atoms with Crippen molar-refractivity contribution in [3.63, 3.8) is 0 Å². The summed E-state index contributed by atoms with van der Waals surface area (Å²) in [6, 6.07) is 33.4. The van der Waals surface area contributed by atoms with Gasteiger partial charge in [-0.05, 0) is 125 Å². The van der Waals surface area contributed by atoms with E-state index in [2.05, 4.69) is 58.1 Å². The van der Waals surface area contributed by atoms with Gasteiger partial charge in [-0.1, -0.05) is 18.2 Å². The number of hydrogen-bond acceptors (Lipinski definition) is 2. The van der Waals surface area contributed by atoms with Crippen LogP contribution in [0.15, 0.2) is 91.3 Å². The summed E-state index contributed by atoms with van der Waals surface area (Å²) >= 11 is 0. The van der Waals surface area contributed by atoms with Crippen LogP contribution in [0.25, 0.3) is 17.1 Å². The molecule has 0 atom stereocenters. The standard InChI is InChI=1S/C26H34OP.C15H11N2.Ir/c27-28(24-4-2-1-3-5-24,25-12-18-6-19(13-25)8-20(7-18)14-25)26-15-21-9-22(16-26)11-23(10-21)17-26;1-3-7-13(8-4-1)15-16-11-12-17(15)14-9-5-2-6-10-14;/h1-4,18-23H,6-17H2;1-7,9-12H;/q2*-1;. The monoisotopic (exact) mass is 805 g/mol. The van der Waals surface area contributed by atoms with Crippen molar-refractivity contribution in [3.8, 4) is 17.1 Å². The molecule has 12 rings (SSSR count). The number of rotatable bonds is 5. The van der Waals surface area contributed by atoms with Crippen LogP contribution in [0.5, 0.6) is 0 Å². The topological polar surface area (TPSA) is 34.9 Å². The van der Waals surface area contributed by atoms with Crippen molar-refractivity contribution in [1.82, 2.24) is 9.55 Å². The predicted octanol–water partition coefficient (Wildman–Crippen LogP) is 9.75. The zero-order chi connectivity index (χ0) is 30.1. The van der Waals surface area contributed by atoms with Crippen molar-refractivity contribution in [1.29, 1.82) is 0 Å². The van der Waals surface area contributed by atoms with Gasteiger partial charge in [-0.3, -0.25) is 4.98 Å². The summed E-state index contributed by atoms with van der Waals surface area (Å²) in [5.74, 6) is 6.15. The molecule has 1 radical (unpaired) electrons. The third kappa shape index (κ3) is 5.00. The van der Waals surface area contributed by atoms with Crippen LogP contribution < -0.4 is 5.30 Å². The second-order valence-corrected chi connectivity index (χ2v) is 19.5. The summed E-state index contributed by atoms with van der Waals surface area (Å²) in [5, 5.41) is 1.43. The number of aromatic nitrogens is 2. The number of para-hydroxylation sites is 1. The van der Waals surface area contributed by atoms with Gasteiger partial charge in [-0.15, -0.1) is 41.2 Å². The molecular weight excluding hydrogens is 760 g/mol. The molecule has 241 valence electrons. The van der Waals surface area contributed by atoms with Crippen molar-refractivity contribution in [2.24, 2.45) is 35.5 Å². The molecule has 5 heteroatoms. The Morgan fingerprint density at radius 3 is 1.57 bits per heavy atom. The Labute approximate surface area is 288 Å². The van der Waals surface area contributed by atoms with Gasteiger partial charge in [0.1, 0.15) is 7.14 Å². The summed E-state index contributed by atoms with van der Waals surface area (Å²) in [5.41, 5.74) is 2.11. The third-order valence-electron chi connectivity index (χ3n) is 13.0. The second kappa shape index (κ2) is 12.0. The van der Waals surface area contributed by atoms with E-state index in [4.69, 9.17) is 0 Å². The van der Waals surface area contributed by atoms with Gasteiger partial charge in [-0.25, -0.2) is 0 Å². The van der Waals surface area contributed by atoms with Gasteiger partial charge in [0.2, 0.25) is 0 Å². The van der Waals surface area contributed by atoms with E-state index in [0.29, 0.717) is 0 Å². The van der Waals surface area contributed by atoms with Crippen LogP contribution in [0, 0.1) is 47.6 Å². The van der Waals surface area contributed by atoms with E-state index in [9.17, 15) is 0 Å². The minimum atomic E-state index is -2.53. The smallest absolute Gasteiger partial charge is 0.104 e. The van der Waals surface area contributed by atoms with Gasteiger partial charge in [0.15, 0.2) is 0 Å². The van der Waals surface area contributed by atoms with Crippen LogP contribution in [0.1, 0.15) is 77.0 Å². The quantitative estimate of drug-likeness (QED) is 0.149. The second-order valence-electron chi connectivity index (χ2n) is 15.9. The van der Waals surface area contributed by atoms with Crippen molar-refractivity contribution in [3.05, 3.63) is 103 Å². The van der Waals surface area contributed by atoms with Gasteiger partial charge in [-0.2, -0.15) is 30.3 Å². The molecule has 3 aromatic carbocycles. The average molecular weight is 805 g/mol. The minimum absolute atomic E-state index is 0. The third-order valence-corrected chi connectivity index (χ3v) is 17.7. The molecule has 8 aliphatic carbocycles. The maximum absolute atomic E-state index is 15.9. The Bertz CT molecular complexity index is 1530. The zero-order valence-corrected chi connectivity index (χ0v) is 30.0. The van der Waals surface area contributed by atoms with Crippen molar-refractivity contribution >= 4 is 12.4 Å². The largest absolute Gasteiger partial charge is 0.340 e. The Hall–Kier alpha value is -2.25. The van der Waals surface area contributed by atoms with Gasteiger partial charge < -0.3 is 9.13 Å². The van der Waals surface area contributed by atoms with Crippen molar-refractivity contribution in [2.45, 2.75) is 87.4 Å². The summed E-state index contributed by atoms with van der Waals surface area (Å²) < 4.78 is 18.0. The normalized spacial score (nSPS) is 35.9. The van der Waals surface area contributed by atoms with E-state index < -0.39 is 7.14 Å². The summed E-state index contributed by atoms with van der Waals surface area (Å²) in [7, 11) is -2.53. The number of imidazole rings is 1. The first-order valence-electron chi connectivity index (χ1n) is 17.7. The van der Waals surface area contributed by atoms with Crippen molar-refractivity contribution < 1.29 is 24.7 Å². The van der Waals surface area contributed by atoms with Crippen molar-refractivity contribution in [2.75, 3.05) is 0 Å². The molecule has 46 heavy (non-hydrogen) atoms. The van der Waals surface area contributed by atoms with Crippen LogP contribution in [0.3, 0.4) is 0 Å². The van der Waals surface area contributed by atoms with Gasteiger partial charge >= 0.3 is 0 Å². The first-order chi connectivity index (χ1) is 22.0. The summed E-state index contributed by atoms with van der Waals surface area (Å²) in [6.07, 6.45) is 20.1. The van der Waals surface area contributed by atoms with Crippen LogP contribution >= 0.6 is 7.14 Å². The summed E-state index contributed by atoms with van der Waals surface area (Å²) in [4.78, 5) is 4.39. The molecule has 0 unspecified atom stereocenters. The SMILES string of the molecule is O=P(c1[c-]cccc1)(C12CC3CC(CC(C3)C1)C2)C12CC3CC(CC(C3)C1)C2.[Ir].[c-]1ccccc1-c1nccn1-c1ccccc1. The average Bonchev–Trinajstić information content (AvgIpc) is 3.55. The molecule has 0 amide bonds. The molecule has 8 saturated carbocycles. The number of hydrogen-bond donors (Lipinski definition) is 0. The van der Waals surface area contributed by atoms with E-state index >= 15 is 4.57 Å². The van der Waals surface area contributed by atoms with E-state index in [1.807, 2.05) is 54.9 Å². The van der Waals surface area contributed by atoms with Gasteiger partial charge in [0, 0.05) is 48.5 Å². The Morgan fingerprint density at radius 2 is 1.11 bits per heavy atom. The fraction of sp³-hybridized carbons (Fsp3) is 0.488. The summed E-state index contributed by atoms with van der Waals surface area (Å²) in [6.45, 7) is 0. The van der Waals surface area contributed by atoms with E-state index in [1.54, 1.807) is 0 Å². The van der Waals surface area contributed by atoms with E-state index in [1.165, 1.54) is 82.4 Å². The molecule has 3 nitrogen and oxygen atoms in total. The molecule has 1 aromatic heterocycles. The van der Waals surface area contributed by atoms with E-state index in [0.717, 1.165) is 52.6 Å². The van der Waals surface area contributed by atoms with Gasteiger partial charge in [0.25, 0.3) is 0 Å². The first-order valence-corrected chi connectivity index (χ1v) is 19.4. The Kier molecular flexibility index (Phi) is 8.11. The molecule has 1 heterocycles. The van der Waals surface area contributed by atoms with Gasteiger partial charge in [0.05, 0.1) is 5.82 Å². The Morgan fingerprint density at radius 1 is 0.630 bits per heavy atom. The van der Waals surface area contributed by atoms with Crippen LogP contribution in [0.4, 0.5) is 0 Å². The molecule has 8 fully saturated rings. The maximum atomic E-state index is 15.9. The number of nitrogens with zero attached hydrogens (tertiary/aromatic N) is 2. The van der Waals surface area contributed by atoms with Crippen LogP contribution in [0.2, 0.25) is 0 Å². The maximum Gasteiger partial charge on any atom is 0.104 e. The van der Waals surface area contributed by atoms with Crippen LogP contribution in [-0.4, -0.2) is 19.9 Å². The first kappa shape index (κ1) is 31.0. The molecule has 0 N–H and O–H groups in total. The number of benzene rings is 3. The zero-order valence-electron chi connectivity index (χ0n) is 26.7. The predicted molar refractivity (Wildman–Crippen MR) is 182 cm³/mol. The molecule has 0 spiro atoms. The fourth-order valence-corrected chi connectivity index (χ4v) is 18.0. The minimum Gasteiger partial charge on any atom is -0.340 e.